The summed E-state index contributed by atoms with van der Waals surface area (Å²) in [6.07, 6.45) is 0. The highest BCUT2D eigenvalue weighted by Crippen LogP contribution is 2.24. The van der Waals surface area contributed by atoms with Gasteiger partial charge in [-0.15, -0.1) is 24.8 Å². The summed E-state index contributed by atoms with van der Waals surface area (Å²) in [5.74, 6) is 0.649. The van der Waals surface area contributed by atoms with Crippen LogP contribution in [0.5, 0.6) is 0 Å². The number of likely N-dealkylation sites (tertiary alicyclic amines) is 1. The average molecular weight is 342 g/mol. The Balaban J connectivity index is 0.00000200. The second-order valence-electron chi connectivity index (χ2n) is 6.08. The van der Waals surface area contributed by atoms with Gasteiger partial charge in [-0.1, -0.05) is 13.8 Å². The molecule has 2 saturated heterocycles. The molecule has 0 spiro atoms. The number of morpholine rings is 1. The van der Waals surface area contributed by atoms with Crippen molar-refractivity contribution in [1.82, 2.24) is 9.80 Å². The minimum Gasteiger partial charge on any atom is -0.379 e. The van der Waals surface area contributed by atoms with E-state index in [1.54, 1.807) is 0 Å². The molecule has 4 unspecified atom stereocenters. The van der Waals surface area contributed by atoms with Gasteiger partial charge in [0.2, 0.25) is 5.91 Å². The van der Waals surface area contributed by atoms with Crippen molar-refractivity contribution in [1.29, 1.82) is 0 Å². The van der Waals surface area contributed by atoms with E-state index in [4.69, 9.17) is 10.5 Å². The van der Waals surface area contributed by atoms with E-state index >= 15 is 0 Å². The lowest BCUT2D eigenvalue weighted by Crippen LogP contribution is -2.47. The number of hydrogen-bond donors (Lipinski definition) is 1. The first-order valence-electron chi connectivity index (χ1n) is 7.37. The molecule has 0 aromatic heterocycles. The maximum absolute atomic E-state index is 12.4. The Labute approximate surface area is 140 Å². The molecule has 2 heterocycles. The summed E-state index contributed by atoms with van der Waals surface area (Å²) < 4.78 is 5.40. The van der Waals surface area contributed by atoms with Crippen LogP contribution >= 0.6 is 24.8 Å². The highest BCUT2D eigenvalue weighted by atomic mass is 35.5. The van der Waals surface area contributed by atoms with E-state index in [9.17, 15) is 4.79 Å². The van der Waals surface area contributed by atoms with Crippen molar-refractivity contribution < 1.29 is 9.53 Å². The number of halogens is 2. The minimum atomic E-state index is -0.0874. The normalized spacial score (nSPS) is 29.2. The van der Waals surface area contributed by atoms with E-state index in [1.807, 2.05) is 18.7 Å². The summed E-state index contributed by atoms with van der Waals surface area (Å²) in [6, 6.07) is 0.401. The Kier molecular flexibility index (Phi) is 9.12. The van der Waals surface area contributed by atoms with E-state index in [0.717, 1.165) is 39.4 Å². The molecule has 2 rings (SSSR count). The van der Waals surface area contributed by atoms with E-state index in [2.05, 4.69) is 11.8 Å². The van der Waals surface area contributed by atoms with Crippen LogP contribution in [0, 0.1) is 11.8 Å². The smallest absolute Gasteiger partial charge is 0.227 e. The number of nitrogens with two attached hydrogens (primary N) is 1. The molecule has 1 amide bonds. The predicted molar refractivity (Wildman–Crippen MR) is 89.2 cm³/mol. The minimum absolute atomic E-state index is 0. The number of ether oxygens (including phenoxy) is 1. The lowest BCUT2D eigenvalue weighted by Gasteiger charge is -2.34. The fraction of sp³-hybridized carbons (Fsp3) is 0.929. The summed E-state index contributed by atoms with van der Waals surface area (Å²) in [5, 5.41) is 0. The SMILES string of the molecule is CC(N)C(C)C(=O)N1CC(C)C(N2CCOCC2)C1.Cl.Cl. The van der Waals surface area contributed by atoms with Gasteiger partial charge in [-0.2, -0.15) is 0 Å². The van der Waals surface area contributed by atoms with Crippen LogP contribution in [0.3, 0.4) is 0 Å². The van der Waals surface area contributed by atoms with E-state index < -0.39 is 0 Å². The van der Waals surface area contributed by atoms with Gasteiger partial charge in [0.05, 0.1) is 19.1 Å². The Morgan fingerprint density at radius 3 is 2.29 bits per heavy atom. The predicted octanol–water partition coefficient (Wildman–Crippen LogP) is 0.992. The molecular weight excluding hydrogens is 313 g/mol. The molecule has 0 aromatic rings. The maximum Gasteiger partial charge on any atom is 0.227 e. The molecule has 2 N–H and O–H groups in total. The van der Waals surface area contributed by atoms with Crippen LogP contribution in [0.25, 0.3) is 0 Å². The van der Waals surface area contributed by atoms with Gasteiger partial charge in [0.15, 0.2) is 0 Å². The Hall–Kier alpha value is -0.0700. The second-order valence-corrected chi connectivity index (χ2v) is 6.08. The topological polar surface area (TPSA) is 58.8 Å². The van der Waals surface area contributed by atoms with Gasteiger partial charge in [0.25, 0.3) is 0 Å². The van der Waals surface area contributed by atoms with Gasteiger partial charge in [-0.05, 0) is 12.8 Å². The Bertz CT molecular complexity index is 325. The lowest BCUT2D eigenvalue weighted by molar-refractivity contribution is -0.134. The molecule has 7 heteroatoms. The van der Waals surface area contributed by atoms with Crippen molar-refractivity contribution in [3.05, 3.63) is 0 Å². The van der Waals surface area contributed by atoms with Crippen molar-refractivity contribution in [3.63, 3.8) is 0 Å². The fourth-order valence-electron chi connectivity index (χ4n) is 3.03. The van der Waals surface area contributed by atoms with Gasteiger partial charge in [-0.25, -0.2) is 0 Å². The van der Waals surface area contributed by atoms with Crippen LogP contribution in [0.1, 0.15) is 20.8 Å². The number of amides is 1. The quantitative estimate of drug-likeness (QED) is 0.831. The van der Waals surface area contributed by atoms with E-state index in [1.165, 1.54) is 0 Å². The van der Waals surface area contributed by atoms with Crippen LogP contribution in [0.15, 0.2) is 0 Å². The third-order valence-electron chi connectivity index (χ3n) is 4.58. The zero-order valence-electron chi connectivity index (χ0n) is 13.2. The van der Waals surface area contributed by atoms with Crippen LogP contribution in [0.2, 0.25) is 0 Å². The number of carbonyl (C=O) groups is 1. The van der Waals surface area contributed by atoms with Crippen molar-refractivity contribution >= 4 is 30.7 Å². The monoisotopic (exact) mass is 341 g/mol. The van der Waals surface area contributed by atoms with Crippen molar-refractivity contribution in [2.75, 3.05) is 39.4 Å². The first kappa shape index (κ1) is 20.9. The van der Waals surface area contributed by atoms with E-state index in [0.29, 0.717) is 12.0 Å². The van der Waals surface area contributed by atoms with Gasteiger partial charge >= 0.3 is 0 Å². The zero-order valence-corrected chi connectivity index (χ0v) is 14.8. The summed E-state index contributed by atoms with van der Waals surface area (Å²) in [5.41, 5.74) is 5.84. The first-order chi connectivity index (χ1) is 9.00. The standard InChI is InChI=1S/C14H27N3O2.2ClH/c1-10-8-17(14(18)11(2)12(3)15)9-13(10)16-4-6-19-7-5-16;;/h10-13H,4-9,15H2,1-3H3;2*1H. The molecule has 2 aliphatic heterocycles. The lowest BCUT2D eigenvalue weighted by atomic mass is 10.0. The number of carbonyl (C=O) groups excluding carboxylic acids is 1. The molecule has 4 atom stereocenters. The molecule has 0 aliphatic carbocycles. The van der Waals surface area contributed by atoms with Crippen molar-refractivity contribution in [2.24, 2.45) is 17.6 Å². The number of nitrogens with zero attached hydrogens (tertiary/aromatic N) is 2. The molecule has 126 valence electrons. The zero-order chi connectivity index (χ0) is 14.0. The molecule has 2 aliphatic rings. The largest absolute Gasteiger partial charge is 0.379 e. The molecule has 5 nitrogen and oxygen atoms in total. The van der Waals surface area contributed by atoms with Crippen LogP contribution in [-0.2, 0) is 9.53 Å². The number of hydrogen-bond acceptors (Lipinski definition) is 4. The van der Waals surface area contributed by atoms with Crippen LogP contribution < -0.4 is 5.73 Å². The molecule has 0 radical (unpaired) electrons. The molecule has 2 fully saturated rings. The van der Waals surface area contributed by atoms with E-state index in [-0.39, 0.29) is 42.7 Å². The highest BCUT2D eigenvalue weighted by molar-refractivity contribution is 5.85. The second kappa shape index (κ2) is 9.16. The van der Waals surface area contributed by atoms with Crippen LogP contribution in [-0.4, -0.2) is 67.2 Å². The summed E-state index contributed by atoms with van der Waals surface area (Å²) >= 11 is 0. The fourth-order valence-corrected chi connectivity index (χ4v) is 3.03. The third kappa shape index (κ3) is 4.96. The van der Waals surface area contributed by atoms with Crippen molar-refractivity contribution in [3.8, 4) is 0 Å². The summed E-state index contributed by atoms with van der Waals surface area (Å²) in [6.45, 7) is 11.4. The van der Waals surface area contributed by atoms with Crippen LogP contribution in [0.4, 0.5) is 0 Å². The first-order valence-corrected chi connectivity index (χ1v) is 7.37. The summed E-state index contributed by atoms with van der Waals surface area (Å²) in [4.78, 5) is 16.8. The molecule has 0 saturated carbocycles. The maximum atomic E-state index is 12.4. The van der Waals surface area contributed by atoms with Gasteiger partial charge in [-0.3, -0.25) is 9.69 Å². The van der Waals surface area contributed by atoms with Gasteiger partial charge in [0, 0.05) is 38.3 Å². The molecular formula is C14H29Cl2N3O2. The Morgan fingerprint density at radius 2 is 1.76 bits per heavy atom. The van der Waals surface area contributed by atoms with Crippen molar-refractivity contribution in [2.45, 2.75) is 32.9 Å². The molecule has 21 heavy (non-hydrogen) atoms. The molecule has 0 bridgehead atoms. The molecule has 0 aromatic carbocycles. The van der Waals surface area contributed by atoms with Gasteiger partial charge < -0.3 is 15.4 Å². The highest BCUT2D eigenvalue weighted by Gasteiger charge is 2.38. The Morgan fingerprint density at radius 1 is 1.19 bits per heavy atom. The summed E-state index contributed by atoms with van der Waals surface area (Å²) in [7, 11) is 0. The van der Waals surface area contributed by atoms with Gasteiger partial charge in [0.1, 0.15) is 0 Å². The number of rotatable bonds is 3. The average Bonchev–Trinajstić information content (AvgIpc) is 2.80. The third-order valence-corrected chi connectivity index (χ3v) is 4.58.